The van der Waals surface area contributed by atoms with Crippen molar-refractivity contribution in [2.45, 2.75) is 38.1 Å². The van der Waals surface area contributed by atoms with Crippen molar-refractivity contribution in [1.29, 1.82) is 0 Å². The molecule has 0 aromatic heterocycles. The van der Waals surface area contributed by atoms with E-state index in [2.05, 4.69) is 5.32 Å². The molecule has 26 heavy (non-hydrogen) atoms. The maximum Gasteiger partial charge on any atom is 0.293 e. The Hall–Kier alpha value is -2.16. The highest BCUT2D eigenvalue weighted by atomic mass is 32.2. The van der Waals surface area contributed by atoms with Crippen LogP contribution >= 0.6 is 0 Å². The molecule has 0 bridgehead atoms. The number of carbonyl (C=O) groups is 1. The maximum atomic E-state index is 12.5. The van der Waals surface area contributed by atoms with Crippen molar-refractivity contribution in [3.63, 3.8) is 0 Å². The maximum absolute atomic E-state index is 12.5. The molecular weight excluding hydrogens is 358 g/mol. The van der Waals surface area contributed by atoms with Crippen molar-refractivity contribution in [2.24, 2.45) is 0 Å². The summed E-state index contributed by atoms with van der Waals surface area (Å²) >= 11 is 0. The number of nitro groups is 1. The zero-order valence-electron chi connectivity index (χ0n) is 14.7. The lowest BCUT2D eigenvalue weighted by Crippen LogP contribution is -2.46. The minimum Gasteiger partial charge on any atom is -0.366 e. The van der Waals surface area contributed by atoms with Gasteiger partial charge < -0.3 is 10.2 Å². The van der Waals surface area contributed by atoms with Crippen LogP contribution in [0.1, 0.15) is 43.0 Å². The second-order valence-electron chi connectivity index (χ2n) is 7.37. The average Bonchev–Trinajstić information content (AvgIpc) is 2.87. The average molecular weight is 381 g/mol. The lowest BCUT2D eigenvalue weighted by Gasteiger charge is -2.28. The van der Waals surface area contributed by atoms with Crippen LogP contribution in [0.25, 0.3) is 0 Å². The van der Waals surface area contributed by atoms with Gasteiger partial charge in [-0.1, -0.05) is 0 Å². The third kappa shape index (κ3) is 3.98. The monoisotopic (exact) mass is 381 g/mol. The lowest BCUT2D eigenvalue weighted by molar-refractivity contribution is -0.384. The Kier molecular flexibility index (Phi) is 4.92. The van der Waals surface area contributed by atoms with Crippen molar-refractivity contribution in [2.75, 3.05) is 29.5 Å². The first-order valence-corrected chi connectivity index (χ1v) is 10.6. The van der Waals surface area contributed by atoms with Crippen LogP contribution in [0.2, 0.25) is 0 Å². The Labute approximate surface area is 152 Å². The number of sulfone groups is 1. The Morgan fingerprint density at radius 3 is 2.54 bits per heavy atom. The van der Waals surface area contributed by atoms with Gasteiger partial charge in [-0.25, -0.2) is 8.42 Å². The molecule has 2 saturated heterocycles. The molecular formula is C17H23N3O5S. The molecule has 1 amide bonds. The third-order valence-corrected chi connectivity index (χ3v) is 6.95. The molecule has 2 fully saturated rings. The number of carbonyl (C=O) groups excluding carboxylic acids is 1. The van der Waals surface area contributed by atoms with Gasteiger partial charge >= 0.3 is 0 Å². The molecule has 2 aliphatic heterocycles. The molecule has 0 spiro atoms. The quantitative estimate of drug-likeness (QED) is 0.630. The summed E-state index contributed by atoms with van der Waals surface area (Å²) in [5.74, 6) is -0.560. The number of piperidine rings is 1. The summed E-state index contributed by atoms with van der Waals surface area (Å²) in [4.78, 5) is 25.5. The molecule has 142 valence electrons. The van der Waals surface area contributed by atoms with Gasteiger partial charge in [0.2, 0.25) is 0 Å². The van der Waals surface area contributed by atoms with Crippen LogP contribution < -0.4 is 10.2 Å². The van der Waals surface area contributed by atoms with E-state index in [1.54, 1.807) is 19.1 Å². The van der Waals surface area contributed by atoms with E-state index in [0.29, 0.717) is 12.1 Å². The summed E-state index contributed by atoms with van der Waals surface area (Å²) in [5.41, 5.74) is -0.233. The number of hydrogen-bond donors (Lipinski definition) is 1. The van der Waals surface area contributed by atoms with Crippen molar-refractivity contribution < 1.29 is 18.1 Å². The predicted octanol–water partition coefficient (Wildman–Crippen LogP) is 1.89. The number of benzene rings is 1. The minimum absolute atomic E-state index is 0.0395. The van der Waals surface area contributed by atoms with Gasteiger partial charge in [0.1, 0.15) is 5.69 Å². The van der Waals surface area contributed by atoms with Crippen LogP contribution in [-0.2, 0) is 9.84 Å². The summed E-state index contributed by atoms with van der Waals surface area (Å²) in [6.45, 7) is 3.22. The first-order valence-electron chi connectivity index (χ1n) is 8.75. The van der Waals surface area contributed by atoms with Gasteiger partial charge in [0.05, 0.1) is 22.0 Å². The number of nitrogens with one attached hydrogen (secondary N) is 1. The van der Waals surface area contributed by atoms with Crippen molar-refractivity contribution in [3.8, 4) is 0 Å². The highest BCUT2D eigenvalue weighted by molar-refractivity contribution is 7.91. The van der Waals surface area contributed by atoms with Gasteiger partial charge in [0, 0.05) is 24.7 Å². The number of anilines is 1. The Balaban J connectivity index is 1.83. The van der Waals surface area contributed by atoms with E-state index in [1.165, 1.54) is 6.07 Å². The number of amides is 1. The number of nitrogens with zero attached hydrogens (tertiary/aromatic N) is 2. The van der Waals surface area contributed by atoms with Crippen LogP contribution in [0.5, 0.6) is 0 Å². The zero-order chi connectivity index (χ0) is 18.9. The molecule has 0 radical (unpaired) electrons. The molecule has 3 rings (SSSR count). The van der Waals surface area contributed by atoms with Crippen LogP contribution in [0.3, 0.4) is 0 Å². The summed E-state index contributed by atoms with van der Waals surface area (Å²) in [5, 5.41) is 14.2. The molecule has 1 aromatic carbocycles. The molecule has 0 aliphatic carbocycles. The molecule has 1 N–H and O–H groups in total. The van der Waals surface area contributed by atoms with Gasteiger partial charge in [-0.3, -0.25) is 14.9 Å². The van der Waals surface area contributed by atoms with Gasteiger partial charge in [-0.2, -0.15) is 0 Å². The molecule has 9 heteroatoms. The Morgan fingerprint density at radius 2 is 1.96 bits per heavy atom. The highest BCUT2D eigenvalue weighted by Crippen LogP contribution is 2.32. The largest absolute Gasteiger partial charge is 0.366 e. The number of rotatable bonds is 4. The van der Waals surface area contributed by atoms with Crippen molar-refractivity contribution in [1.82, 2.24) is 5.32 Å². The second-order valence-corrected chi connectivity index (χ2v) is 9.55. The molecule has 2 aliphatic rings. The molecule has 1 atom stereocenters. The van der Waals surface area contributed by atoms with Gasteiger partial charge in [0.15, 0.2) is 9.84 Å². The van der Waals surface area contributed by atoms with E-state index >= 15 is 0 Å². The van der Waals surface area contributed by atoms with E-state index < -0.39 is 26.2 Å². The van der Waals surface area contributed by atoms with Crippen LogP contribution in [0.15, 0.2) is 18.2 Å². The fourth-order valence-electron chi connectivity index (χ4n) is 3.67. The molecule has 1 aromatic rings. The highest BCUT2D eigenvalue weighted by Gasteiger charge is 2.39. The summed E-state index contributed by atoms with van der Waals surface area (Å²) < 4.78 is 23.4. The van der Waals surface area contributed by atoms with E-state index in [1.807, 2.05) is 4.90 Å². The molecule has 0 saturated carbocycles. The molecule has 8 nitrogen and oxygen atoms in total. The number of hydrogen-bond acceptors (Lipinski definition) is 6. The van der Waals surface area contributed by atoms with E-state index in [0.717, 1.165) is 32.4 Å². The van der Waals surface area contributed by atoms with Crippen LogP contribution in [0.4, 0.5) is 11.4 Å². The fourth-order valence-corrected chi connectivity index (χ4v) is 5.76. The standard InChI is InChI=1S/C17H23N3O5S/c1-17(7-10-26(24,25)12-17)18-16(21)13-5-6-14(15(11-13)20(22)23)19-8-3-2-4-9-19/h5-6,11H,2-4,7-10,12H2,1H3,(H,18,21). The zero-order valence-corrected chi connectivity index (χ0v) is 15.5. The molecule has 2 heterocycles. The summed E-state index contributed by atoms with van der Waals surface area (Å²) in [6, 6.07) is 4.47. The predicted molar refractivity (Wildman–Crippen MR) is 98.3 cm³/mol. The van der Waals surface area contributed by atoms with Crippen molar-refractivity contribution in [3.05, 3.63) is 33.9 Å². The van der Waals surface area contributed by atoms with Gasteiger partial charge in [-0.05, 0) is 44.7 Å². The van der Waals surface area contributed by atoms with E-state index in [-0.39, 0.29) is 22.8 Å². The van der Waals surface area contributed by atoms with Gasteiger partial charge in [-0.15, -0.1) is 0 Å². The first-order chi connectivity index (χ1) is 12.2. The van der Waals surface area contributed by atoms with Gasteiger partial charge in [0.25, 0.3) is 11.6 Å². The number of nitro benzene ring substituents is 1. The molecule has 1 unspecified atom stereocenters. The summed E-state index contributed by atoms with van der Waals surface area (Å²) in [7, 11) is -3.15. The summed E-state index contributed by atoms with van der Waals surface area (Å²) in [6.07, 6.45) is 3.44. The normalized spacial score (nSPS) is 25.0. The van der Waals surface area contributed by atoms with Crippen LogP contribution in [-0.4, -0.2) is 49.4 Å². The minimum atomic E-state index is -3.15. The Bertz CT molecular complexity index is 833. The fraction of sp³-hybridized carbons (Fsp3) is 0.588. The van der Waals surface area contributed by atoms with Crippen LogP contribution in [0, 0.1) is 10.1 Å². The first kappa shape index (κ1) is 18.6. The Morgan fingerprint density at radius 1 is 1.27 bits per heavy atom. The van der Waals surface area contributed by atoms with Crippen molar-refractivity contribution >= 4 is 27.1 Å². The second kappa shape index (κ2) is 6.86. The van der Waals surface area contributed by atoms with E-state index in [4.69, 9.17) is 0 Å². The smallest absolute Gasteiger partial charge is 0.293 e. The lowest BCUT2D eigenvalue weighted by atomic mass is 10.0. The topological polar surface area (TPSA) is 110 Å². The third-order valence-electron chi connectivity index (χ3n) is 5.05. The van der Waals surface area contributed by atoms with E-state index in [9.17, 15) is 23.3 Å². The SMILES string of the molecule is CC1(NC(=O)c2ccc(N3CCCCC3)c([N+](=O)[O-])c2)CCS(=O)(=O)C1.